The van der Waals surface area contributed by atoms with Gasteiger partial charge in [0.15, 0.2) is 0 Å². The second kappa shape index (κ2) is 5.48. The van der Waals surface area contributed by atoms with Crippen molar-refractivity contribution in [3.8, 4) is 0 Å². The summed E-state index contributed by atoms with van der Waals surface area (Å²) in [5.41, 5.74) is 0.232. The fourth-order valence-corrected chi connectivity index (χ4v) is 2.26. The molecule has 0 heterocycles. The predicted octanol–water partition coefficient (Wildman–Crippen LogP) is 2.89. The van der Waals surface area contributed by atoms with Crippen LogP contribution in [0.2, 0.25) is 0 Å². The highest BCUT2D eigenvalue weighted by atomic mass is 79.9. The summed E-state index contributed by atoms with van der Waals surface area (Å²) in [6.07, 6.45) is 3.52. The third-order valence-corrected chi connectivity index (χ3v) is 3.87. The van der Waals surface area contributed by atoms with E-state index >= 15 is 0 Å². The number of nitro groups is 1. The SMILES string of the molecule is O=C(NCC1CCC1)c1cc([N+](=O)[O-])ccc1Br. The van der Waals surface area contributed by atoms with Gasteiger partial charge in [0, 0.05) is 23.2 Å². The third kappa shape index (κ3) is 2.87. The van der Waals surface area contributed by atoms with Crippen LogP contribution in [0.15, 0.2) is 22.7 Å². The number of carbonyl (C=O) groups is 1. The van der Waals surface area contributed by atoms with E-state index in [0.29, 0.717) is 22.5 Å². The first kappa shape index (κ1) is 13.0. The number of hydrogen-bond donors (Lipinski definition) is 1. The monoisotopic (exact) mass is 312 g/mol. The fourth-order valence-electron chi connectivity index (χ4n) is 1.83. The maximum Gasteiger partial charge on any atom is 0.270 e. The van der Waals surface area contributed by atoms with Gasteiger partial charge in [-0.05, 0) is 40.8 Å². The van der Waals surface area contributed by atoms with Gasteiger partial charge >= 0.3 is 0 Å². The van der Waals surface area contributed by atoms with Gasteiger partial charge in [0.1, 0.15) is 0 Å². The average molecular weight is 313 g/mol. The molecule has 1 aromatic rings. The van der Waals surface area contributed by atoms with Gasteiger partial charge in [0.25, 0.3) is 11.6 Å². The summed E-state index contributed by atoms with van der Waals surface area (Å²) < 4.78 is 0.569. The van der Waals surface area contributed by atoms with Crippen molar-refractivity contribution in [3.05, 3.63) is 38.3 Å². The lowest BCUT2D eigenvalue weighted by molar-refractivity contribution is -0.384. The molecular weight excluding hydrogens is 300 g/mol. The van der Waals surface area contributed by atoms with Crippen LogP contribution in [-0.4, -0.2) is 17.4 Å². The number of amides is 1. The van der Waals surface area contributed by atoms with E-state index in [4.69, 9.17) is 0 Å². The van der Waals surface area contributed by atoms with Gasteiger partial charge < -0.3 is 5.32 Å². The lowest BCUT2D eigenvalue weighted by atomic mass is 9.85. The van der Waals surface area contributed by atoms with E-state index in [1.807, 2.05) is 0 Å². The molecule has 0 spiro atoms. The molecule has 1 aliphatic rings. The summed E-state index contributed by atoms with van der Waals surface area (Å²) in [6, 6.07) is 4.18. The minimum Gasteiger partial charge on any atom is -0.352 e. The Labute approximate surface area is 113 Å². The molecule has 2 rings (SSSR count). The largest absolute Gasteiger partial charge is 0.352 e. The average Bonchev–Trinajstić information content (AvgIpc) is 2.26. The maximum absolute atomic E-state index is 11.9. The molecule has 1 aliphatic carbocycles. The van der Waals surface area contributed by atoms with Gasteiger partial charge in [-0.2, -0.15) is 0 Å². The Kier molecular flexibility index (Phi) is 3.96. The lowest BCUT2D eigenvalue weighted by Crippen LogP contribution is -2.32. The molecule has 5 nitrogen and oxygen atoms in total. The van der Waals surface area contributed by atoms with Crippen LogP contribution in [0.25, 0.3) is 0 Å². The Bertz CT molecular complexity index is 486. The molecule has 18 heavy (non-hydrogen) atoms. The highest BCUT2D eigenvalue weighted by Gasteiger charge is 2.20. The number of non-ortho nitro benzene ring substituents is 1. The Morgan fingerprint density at radius 1 is 1.50 bits per heavy atom. The van der Waals surface area contributed by atoms with Crippen LogP contribution < -0.4 is 5.32 Å². The van der Waals surface area contributed by atoms with E-state index in [0.717, 1.165) is 12.8 Å². The smallest absolute Gasteiger partial charge is 0.270 e. The van der Waals surface area contributed by atoms with E-state index in [-0.39, 0.29) is 11.6 Å². The van der Waals surface area contributed by atoms with E-state index < -0.39 is 4.92 Å². The number of rotatable bonds is 4. The van der Waals surface area contributed by atoms with Gasteiger partial charge in [-0.3, -0.25) is 14.9 Å². The van der Waals surface area contributed by atoms with E-state index in [9.17, 15) is 14.9 Å². The van der Waals surface area contributed by atoms with Crippen molar-refractivity contribution in [2.24, 2.45) is 5.92 Å². The summed E-state index contributed by atoms with van der Waals surface area (Å²) in [4.78, 5) is 22.1. The molecule has 0 atom stereocenters. The first-order valence-corrected chi connectivity index (χ1v) is 6.59. The predicted molar refractivity (Wildman–Crippen MR) is 70.5 cm³/mol. The molecule has 96 valence electrons. The van der Waals surface area contributed by atoms with Crippen LogP contribution >= 0.6 is 15.9 Å². The Morgan fingerprint density at radius 2 is 2.22 bits per heavy atom. The number of carbonyl (C=O) groups excluding carboxylic acids is 1. The minimum atomic E-state index is -0.505. The number of hydrogen-bond acceptors (Lipinski definition) is 3. The summed E-state index contributed by atoms with van der Waals surface area (Å²) in [6.45, 7) is 0.647. The van der Waals surface area contributed by atoms with E-state index in [1.54, 1.807) is 0 Å². The molecule has 0 unspecified atom stereocenters. The lowest BCUT2D eigenvalue weighted by Gasteiger charge is -2.25. The van der Waals surface area contributed by atoms with Crippen molar-refractivity contribution in [1.29, 1.82) is 0 Å². The molecule has 1 amide bonds. The van der Waals surface area contributed by atoms with Crippen LogP contribution in [0, 0.1) is 16.0 Å². The third-order valence-electron chi connectivity index (χ3n) is 3.18. The molecule has 1 aromatic carbocycles. The molecule has 0 aliphatic heterocycles. The molecular formula is C12H13BrN2O3. The standard InChI is InChI=1S/C12H13BrN2O3/c13-11-5-4-9(15(17)18)6-10(11)12(16)14-7-8-2-1-3-8/h4-6,8H,1-3,7H2,(H,14,16). The minimum absolute atomic E-state index is 0.0769. The highest BCUT2D eigenvalue weighted by molar-refractivity contribution is 9.10. The van der Waals surface area contributed by atoms with Crippen LogP contribution in [0.4, 0.5) is 5.69 Å². The normalized spacial score (nSPS) is 14.9. The van der Waals surface area contributed by atoms with Crippen molar-refractivity contribution >= 4 is 27.5 Å². The first-order chi connectivity index (χ1) is 8.58. The van der Waals surface area contributed by atoms with Crippen LogP contribution in [0.3, 0.4) is 0 Å². The quantitative estimate of drug-likeness (QED) is 0.686. The number of nitro benzene ring substituents is 1. The molecule has 0 bridgehead atoms. The molecule has 1 saturated carbocycles. The Hall–Kier alpha value is -1.43. The molecule has 1 fully saturated rings. The second-order valence-corrected chi connectivity index (χ2v) is 5.28. The first-order valence-electron chi connectivity index (χ1n) is 5.80. The summed E-state index contributed by atoms with van der Waals surface area (Å²) in [5.74, 6) is 0.295. The summed E-state index contributed by atoms with van der Waals surface area (Å²) >= 11 is 3.23. The van der Waals surface area contributed by atoms with Crippen molar-refractivity contribution < 1.29 is 9.72 Å². The zero-order valence-corrected chi connectivity index (χ0v) is 11.3. The van der Waals surface area contributed by atoms with Gasteiger partial charge in [-0.1, -0.05) is 6.42 Å². The van der Waals surface area contributed by atoms with Crippen molar-refractivity contribution in [1.82, 2.24) is 5.32 Å². The summed E-state index contributed by atoms with van der Waals surface area (Å²) in [5, 5.41) is 13.5. The van der Waals surface area contributed by atoms with Gasteiger partial charge in [0.2, 0.25) is 0 Å². The molecule has 6 heteroatoms. The number of nitrogens with one attached hydrogen (secondary N) is 1. The molecule has 0 radical (unpaired) electrons. The van der Waals surface area contributed by atoms with Crippen molar-refractivity contribution in [3.63, 3.8) is 0 Å². The molecule has 0 aromatic heterocycles. The Morgan fingerprint density at radius 3 is 2.78 bits per heavy atom. The maximum atomic E-state index is 11.9. The van der Waals surface area contributed by atoms with Gasteiger partial charge in [-0.15, -0.1) is 0 Å². The van der Waals surface area contributed by atoms with Gasteiger partial charge in [0.05, 0.1) is 10.5 Å². The zero-order chi connectivity index (χ0) is 13.1. The van der Waals surface area contributed by atoms with E-state index in [2.05, 4.69) is 21.2 Å². The van der Waals surface area contributed by atoms with Crippen molar-refractivity contribution in [2.75, 3.05) is 6.54 Å². The number of nitrogens with zero attached hydrogens (tertiary/aromatic N) is 1. The number of benzene rings is 1. The molecule has 1 N–H and O–H groups in total. The Balaban J connectivity index is 2.07. The summed E-state index contributed by atoms with van der Waals surface area (Å²) in [7, 11) is 0. The fraction of sp³-hybridized carbons (Fsp3) is 0.417. The van der Waals surface area contributed by atoms with Crippen LogP contribution in [-0.2, 0) is 0 Å². The topological polar surface area (TPSA) is 72.2 Å². The van der Waals surface area contributed by atoms with Gasteiger partial charge in [-0.25, -0.2) is 0 Å². The molecule has 0 saturated heterocycles. The van der Waals surface area contributed by atoms with Crippen LogP contribution in [0.5, 0.6) is 0 Å². The van der Waals surface area contributed by atoms with E-state index in [1.165, 1.54) is 24.6 Å². The zero-order valence-electron chi connectivity index (χ0n) is 9.69. The number of halogens is 1. The highest BCUT2D eigenvalue weighted by Crippen LogP contribution is 2.26. The second-order valence-electron chi connectivity index (χ2n) is 4.43. The van der Waals surface area contributed by atoms with Crippen LogP contribution in [0.1, 0.15) is 29.6 Å². The van der Waals surface area contributed by atoms with Crippen molar-refractivity contribution in [2.45, 2.75) is 19.3 Å².